The normalized spacial score (nSPS) is 18.9. The molecule has 1 aromatic carbocycles. The average Bonchev–Trinajstić information content (AvgIpc) is 2.52. The molecule has 1 aliphatic rings. The molecule has 2 nitrogen and oxygen atoms in total. The number of carbonyl (C=O) groups excluding carboxylic acids is 1. The van der Waals surface area contributed by atoms with Crippen LogP contribution in [0.1, 0.15) is 36.2 Å². The quantitative estimate of drug-likeness (QED) is 0.880. The van der Waals surface area contributed by atoms with E-state index in [-0.39, 0.29) is 27.5 Å². The van der Waals surface area contributed by atoms with Crippen molar-refractivity contribution in [1.29, 1.82) is 0 Å². The molecular formula is C13H14Cl2O2. The monoisotopic (exact) mass is 272 g/mol. The number of carbonyl (C=O) groups is 1. The van der Waals surface area contributed by atoms with Crippen molar-refractivity contribution in [2.24, 2.45) is 11.8 Å². The molecule has 0 aliphatic heterocycles. The van der Waals surface area contributed by atoms with Gasteiger partial charge in [0.05, 0.1) is 5.02 Å². The molecule has 1 aliphatic carbocycles. The van der Waals surface area contributed by atoms with Crippen LogP contribution in [0.5, 0.6) is 5.75 Å². The van der Waals surface area contributed by atoms with Crippen molar-refractivity contribution in [2.45, 2.75) is 26.7 Å². The van der Waals surface area contributed by atoms with Gasteiger partial charge in [-0.25, -0.2) is 0 Å². The smallest absolute Gasteiger partial charge is 0.168 e. The fourth-order valence-corrected chi connectivity index (χ4v) is 2.87. The SMILES string of the molecule is CC(C)CC1Cc2cc(O)c(Cl)c(Cl)c2C1=O. The molecule has 1 N–H and O–H groups in total. The van der Waals surface area contributed by atoms with Crippen LogP contribution < -0.4 is 0 Å². The lowest BCUT2D eigenvalue weighted by Crippen LogP contribution is -2.11. The first-order valence-electron chi connectivity index (χ1n) is 5.65. The summed E-state index contributed by atoms with van der Waals surface area (Å²) in [6.07, 6.45) is 1.49. The summed E-state index contributed by atoms with van der Waals surface area (Å²) < 4.78 is 0. The molecule has 0 saturated heterocycles. The number of phenols is 1. The van der Waals surface area contributed by atoms with E-state index in [9.17, 15) is 9.90 Å². The summed E-state index contributed by atoms with van der Waals surface area (Å²) in [7, 11) is 0. The highest BCUT2D eigenvalue weighted by Gasteiger charge is 2.34. The van der Waals surface area contributed by atoms with Gasteiger partial charge < -0.3 is 5.11 Å². The van der Waals surface area contributed by atoms with E-state index in [0.29, 0.717) is 17.9 Å². The molecular weight excluding hydrogens is 259 g/mol. The molecule has 2 rings (SSSR count). The van der Waals surface area contributed by atoms with Gasteiger partial charge in [0.2, 0.25) is 0 Å². The zero-order valence-electron chi connectivity index (χ0n) is 9.76. The molecule has 0 heterocycles. The van der Waals surface area contributed by atoms with Gasteiger partial charge in [-0.3, -0.25) is 4.79 Å². The van der Waals surface area contributed by atoms with E-state index < -0.39 is 0 Å². The zero-order valence-corrected chi connectivity index (χ0v) is 11.3. The minimum absolute atomic E-state index is 0.0274. The number of fused-ring (bicyclic) bond motifs is 1. The number of ketones is 1. The lowest BCUT2D eigenvalue weighted by atomic mass is 9.94. The van der Waals surface area contributed by atoms with Crippen LogP contribution in [0, 0.1) is 11.8 Å². The van der Waals surface area contributed by atoms with Crippen LogP contribution in [0.2, 0.25) is 10.0 Å². The lowest BCUT2D eigenvalue weighted by Gasteiger charge is -2.10. The first kappa shape index (κ1) is 12.7. The van der Waals surface area contributed by atoms with Crippen LogP contribution in [0.15, 0.2) is 6.07 Å². The summed E-state index contributed by atoms with van der Waals surface area (Å²) in [5, 5.41) is 9.86. The van der Waals surface area contributed by atoms with Gasteiger partial charge >= 0.3 is 0 Å². The molecule has 0 amide bonds. The van der Waals surface area contributed by atoms with Crippen LogP contribution in [0.4, 0.5) is 0 Å². The Morgan fingerprint density at radius 3 is 2.65 bits per heavy atom. The van der Waals surface area contributed by atoms with E-state index in [1.165, 1.54) is 0 Å². The van der Waals surface area contributed by atoms with Gasteiger partial charge in [0.25, 0.3) is 0 Å². The second-order valence-electron chi connectivity index (χ2n) is 4.95. The Morgan fingerprint density at radius 2 is 2.06 bits per heavy atom. The first-order chi connectivity index (χ1) is 7.91. The van der Waals surface area contributed by atoms with Gasteiger partial charge in [-0.2, -0.15) is 0 Å². The summed E-state index contributed by atoms with van der Waals surface area (Å²) in [4.78, 5) is 12.2. The Labute approximate surface area is 111 Å². The number of halogens is 2. The standard InChI is InChI=1S/C13H14Cl2O2/c1-6(2)3-8-4-7-5-9(16)11(14)12(15)10(7)13(8)17/h5-6,8,16H,3-4H2,1-2H3. The number of hydrogen-bond donors (Lipinski definition) is 1. The van der Waals surface area contributed by atoms with Crippen LogP contribution in [0.25, 0.3) is 0 Å². The van der Waals surface area contributed by atoms with Crippen molar-refractivity contribution in [3.63, 3.8) is 0 Å². The van der Waals surface area contributed by atoms with Crippen molar-refractivity contribution in [2.75, 3.05) is 0 Å². The number of rotatable bonds is 2. The van der Waals surface area contributed by atoms with E-state index in [4.69, 9.17) is 23.2 Å². The van der Waals surface area contributed by atoms with Crippen molar-refractivity contribution in [3.8, 4) is 5.75 Å². The second kappa shape index (κ2) is 4.51. The molecule has 0 saturated carbocycles. The molecule has 17 heavy (non-hydrogen) atoms. The van der Waals surface area contributed by atoms with Crippen LogP contribution >= 0.6 is 23.2 Å². The van der Waals surface area contributed by atoms with E-state index in [1.807, 2.05) is 0 Å². The minimum atomic E-state index is -0.0478. The molecule has 1 aromatic rings. The number of aromatic hydroxyl groups is 1. The summed E-state index contributed by atoms with van der Waals surface area (Å²) in [6, 6.07) is 1.56. The molecule has 0 bridgehead atoms. The number of benzene rings is 1. The van der Waals surface area contributed by atoms with E-state index in [2.05, 4.69) is 13.8 Å². The van der Waals surface area contributed by atoms with Crippen LogP contribution in [-0.2, 0) is 6.42 Å². The lowest BCUT2D eigenvalue weighted by molar-refractivity contribution is 0.0922. The Morgan fingerprint density at radius 1 is 1.41 bits per heavy atom. The number of Topliss-reactive ketones (excluding diaryl/α,β-unsaturated/α-hetero) is 1. The maximum atomic E-state index is 12.2. The molecule has 1 unspecified atom stereocenters. The highest BCUT2D eigenvalue weighted by Crippen LogP contribution is 2.42. The van der Waals surface area contributed by atoms with Crippen molar-refractivity contribution >= 4 is 29.0 Å². The van der Waals surface area contributed by atoms with Gasteiger partial charge in [0.15, 0.2) is 5.78 Å². The molecule has 0 radical (unpaired) electrons. The fourth-order valence-electron chi connectivity index (χ4n) is 2.41. The van der Waals surface area contributed by atoms with Gasteiger partial charge in [0, 0.05) is 11.5 Å². The predicted octanol–water partition coefficient (Wildman–Crippen LogP) is 4.10. The van der Waals surface area contributed by atoms with Gasteiger partial charge in [-0.05, 0) is 30.4 Å². The van der Waals surface area contributed by atoms with Gasteiger partial charge in [-0.1, -0.05) is 37.0 Å². The summed E-state index contributed by atoms with van der Waals surface area (Å²) in [5.74, 6) is 0.440. The van der Waals surface area contributed by atoms with Gasteiger partial charge in [-0.15, -0.1) is 0 Å². The predicted molar refractivity (Wildman–Crippen MR) is 69.1 cm³/mol. The highest BCUT2D eigenvalue weighted by atomic mass is 35.5. The topological polar surface area (TPSA) is 37.3 Å². The Bertz CT molecular complexity index is 481. The second-order valence-corrected chi connectivity index (χ2v) is 5.71. The third kappa shape index (κ3) is 2.16. The summed E-state index contributed by atoms with van der Waals surface area (Å²) >= 11 is 11.9. The Hall–Kier alpha value is -0.730. The maximum Gasteiger partial charge on any atom is 0.168 e. The molecule has 0 aromatic heterocycles. The molecule has 0 fully saturated rings. The van der Waals surface area contributed by atoms with E-state index in [0.717, 1.165) is 12.0 Å². The molecule has 92 valence electrons. The minimum Gasteiger partial charge on any atom is -0.506 e. The molecule has 4 heteroatoms. The van der Waals surface area contributed by atoms with E-state index in [1.54, 1.807) is 6.07 Å². The number of hydrogen-bond acceptors (Lipinski definition) is 2. The third-order valence-electron chi connectivity index (χ3n) is 3.11. The number of phenolic OH excluding ortho intramolecular Hbond substituents is 1. The third-order valence-corrected chi connectivity index (χ3v) is 3.97. The first-order valence-corrected chi connectivity index (χ1v) is 6.41. The van der Waals surface area contributed by atoms with Gasteiger partial charge in [0.1, 0.15) is 10.8 Å². The highest BCUT2D eigenvalue weighted by molar-refractivity contribution is 6.45. The van der Waals surface area contributed by atoms with E-state index >= 15 is 0 Å². The maximum absolute atomic E-state index is 12.2. The Kier molecular flexibility index (Phi) is 3.37. The molecule has 0 spiro atoms. The summed E-state index contributed by atoms with van der Waals surface area (Å²) in [6.45, 7) is 4.17. The fraction of sp³-hybridized carbons (Fsp3) is 0.462. The van der Waals surface area contributed by atoms with Crippen LogP contribution in [0.3, 0.4) is 0 Å². The summed E-state index contributed by atoms with van der Waals surface area (Å²) in [5.41, 5.74) is 1.31. The molecule has 1 atom stereocenters. The van der Waals surface area contributed by atoms with Crippen molar-refractivity contribution in [1.82, 2.24) is 0 Å². The average molecular weight is 273 g/mol. The zero-order chi connectivity index (χ0) is 12.7. The largest absolute Gasteiger partial charge is 0.506 e. The van der Waals surface area contributed by atoms with Crippen molar-refractivity contribution in [3.05, 3.63) is 27.2 Å². The van der Waals surface area contributed by atoms with Crippen LogP contribution in [-0.4, -0.2) is 10.9 Å². The Balaban J connectivity index is 2.42. The van der Waals surface area contributed by atoms with Crippen molar-refractivity contribution < 1.29 is 9.90 Å².